The molecule has 4 heteroatoms. The zero-order valence-corrected chi connectivity index (χ0v) is 10.3. The van der Waals surface area contributed by atoms with Gasteiger partial charge in [-0.2, -0.15) is 0 Å². The number of hydrogen-bond donors (Lipinski definition) is 2. The number of rotatable bonds is 6. The summed E-state index contributed by atoms with van der Waals surface area (Å²) in [6, 6.07) is 7.85. The van der Waals surface area contributed by atoms with Crippen molar-refractivity contribution in [2.45, 2.75) is 26.3 Å². The van der Waals surface area contributed by atoms with Crippen molar-refractivity contribution in [3.05, 3.63) is 29.8 Å². The van der Waals surface area contributed by atoms with Crippen molar-refractivity contribution >= 4 is 5.91 Å². The Labute approximate surface area is 102 Å². The molecule has 0 aliphatic carbocycles. The molecule has 0 fully saturated rings. The highest BCUT2D eigenvalue weighted by Gasteiger charge is 2.09. The average Bonchev–Trinajstić information content (AvgIpc) is 2.25. The summed E-state index contributed by atoms with van der Waals surface area (Å²) in [4.78, 5) is 10.9. The molecule has 94 valence electrons. The van der Waals surface area contributed by atoms with E-state index in [1.165, 1.54) is 0 Å². The second-order valence-electron chi connectivity index (χ2n) is 4.44. The van der Waals surface area contributed by atoms with Crippen LogP contribution < -0.4 is 16.2 Å². The summed E-state index contributed by atoms with van der Waals surface area (Å²) in [7, 11) is 0. The summed E-state index contributed by atoms with van der Waals surface area (Å²) in [5.41, 5.74) is 12.0. The van der Waals surface area contributed by atoms with Gasteiger partial charge >= 0.3 is 0 Å². The van der Waals surface area contributed by atoms with Gasteiger partial charge in [0.1, 0.15) is 5.75 Å². The molecular weight excluding hydrogens is 216 g/mol. The molecule has 1 aromatic rings. The largest absolute Gasteiger partial charge is 0.493 e. The minimum Gasteiger partial charge on any atom is -0.493 e. The fourth-order valence-electron chi connectivity index (χ4n) is 1.44. The van der Waals surface area contributed by atoms with Crippen molar-refractivity contribution in [3.8, 4) is 5.75 Å². The fraction of sp³-hybridized carbons (Fsp3) is 0.462. The van der Waals surface area contributed by atoms with Gasteiger partial charge in [0.25, 0.3) is 0 Å². The summed E-state index contributed by atoms with van der Waals surface area (Å²) in [6.07, 6.45) is 0.808. The minimum absolute atomic E-state index is 0.120. The SMILES string of the molecule is CC(N)Cc1cccc(OCC(C)C(N)=O)c1. The highest BCUT2D eigenvalue weighted by atomic mass is 16.5. The van der Waals surface area contributed by atoms with Crippen molar-refractivity contribution < 1.29 is 9.53 Å². The van der Waals surface area contributed by atoms with Crippen LogP contribution in [0.15, 0.2) is 24.3 Å². The van der Waals surface area contributed by atoms with Crippen LogP contribution in [0.5, 0.6) is 5.75 Å². The third kappa shape index (κ3) is 4.87. The van der Waals surface area contributed by atoms with E-state index in [1.54, 1.807) is 6.92 Å². The molecule has 1 rings (SSSR count). The molecule has 0 heterocycles. The van der Waals surface area contributed by atoms with Gasteiger partial charge in [-0.15, -0.1) is 0 Å². The third-order valence-corrected chi connectivity index (χ3v) is 2.44. The molecule has 0 saturated carbocycles. The van der Waals surface area contributed by atoms with Gasteiger partial charge in [0.05, 0.1) is 12.5 Å². The van der Waals surface area contributed by atoms with Crippen LogP contribution in [0.1, 0.15) is 19.4 Å². The number of nitrogens with two attached hydrogens (primary N) is 2. The molecule has 0 aromatic heterocycles. The van der Waals surface area contributed by atoms with E-state index in [0.717, 1.165) is 17.7 Å². The monoisotopic (exact) mass is 236 g/mol. The maximum atomic E-state index is 10.9. The standard InChI is InChI=1S/C13H20N2O2/c1-9(13(15)16)8-17-12-5-3-4-11(7-12)6-10(2)14/h3-5,7,9-10H,6,8,14H2,1-2H3,(H2,15,16). The van der Waals surface area contributed by atoms with Crippen LogP contribution >= 0.6 is 0 Å². The van der Waals surface area contributed by atoms with E-state index in [9.17, 15) is 4.79 Å². The predicted octanol–water partition coefficient (Wildman–Crippen LogP) is 1.08. The van der Waals surface area contributed by atoms with Crippen molar-refractivity contribution in [3.63, 3.8) is 0 Å². The third-order valence-electron chi connectivity index (χ3n) is 2.44. The Kier molecular flexibility index (Phi) is 4.97. The first kappa shape index (κ1) is 13.5. The van der Waals surface area contributed by atoms with Crippen LogP contribution in [0.25, 0.3) is 0 Å². The van der Waals surface area contributed by atoms with E-state index >= 15 is 0 Å². The average molecular weight is 236 g/mol. The Bertz CT molecular complexity index is 377. The van der Waals surface area contributed by atoms with Gasteiger partial charge in [-0.1, -0.05) is 19.1 Å². The first-order valence-corrected chi connectivity index (χ1v) is 5.75. The Hall–Kier alpha value is -1.55. The maximum absolute atomic E-state index is 10.9. The van der Waals surface area contributed by atoms with E-state index in [4.69, 9.17) is 16.2 Å². The van der Waals surface area contributed by atoms with E-state index in [-0.39, 0.29) is 17.9 Å². The van der Waals surface area contributed by atoms with E-state index in [1.807, 2.05) is 31.2 Å². The van der Waals surface area contributed by atoms with E-state index in [2.05, 4.69) is 0 Å². The Balaban J connectivity index is 2.56. The summed E-state index contributed by atoms with van der Waals surface area (Å²) in [5.74, 6) is 0.111. The van der Waals surface area contributed by atoms with Gasteiger partial charge in [0.2, 0.25) is 5.91 Å². The van der Waals surface area contributed by atoms with E-state index in [0.29, 0.717) is 6.61 Å². The number of ether oxygens (including phenoxy) is 1. The lowest BCUT2D eigenvalue weighted by atomic mass is 10.1. The van der Waals surface area contributed by atoms with Gasteiger partial charge in [0.15, 0.2) is 0 Å². The van der Waals surface area contributed by atoms with Crippen LogP contribution in [-0.4, -0.2) is 18.6 Å². The smallest absolute Gasteiger partial charge is 0.223 e. The number of hydrogen-bond acceptors (Lipinski definition) is 3. The van der Waals surface area contributed by atoms with Crippen molar-refractivity contribution in [1.29, 1.82) is 0 Å². The number of amides is 1. The van der Waals surface area contributed by atoms with Crippen LogP contribution in [-0.2, 0) is 11.2 Å². The lowest BCUT2D eigenvalue weighted by molar-refractivity contribution is -0.122. The highest BCUT2D eigenvalue weighted by Crippen LogP contribution is 2.15. The topological polar surface area (TPSA) is 78.3 Å². The molecule has 0 spiro atoms. The van der Waals surface area contributed by atoms with Crippen LogP contribution in [0.3, 0.4) is 0 Å². The quantitative estimate of drug-likeness (QED) is 0.775. The summed E-state index contributed by atoms with van der Waals surface area (Å²) >= 11 is 0. The molecule has 0 bridgehead atoms. The lowest BCUT2D eigenvalue weighted by Crippen LogP contribution is -2.25. The first-order chi connectivity index (χ1) is 7.99. The second kappa shape index (κ2) is 6.25. The van der Waals surface area contributed by atoms with Gasteiger partial charge in [-0.05, 0) is 31.0 Å². The summed E-state index contributed by atoms with van der Waals surface area (Å²) in [5, 5.41) is 0. The molecule has 1 aromatic carbocycles. The molecule has 17 heavy (non-hydrogen) atoms. The molecular formula is C13H20N2O2. The maximum Gasteiger partial charge on any atom is 0.223 e. The number of carbonyl (C=O) groups excluding carboxylic acids is 1. The predicted molar refractivity (Wildman–Crippen MR) is 67.6 cm³/mol. The van der Waals surface area contributed by atoms with Gasteiger partial charge in [-0.25, -0.2) is 0 Å². The van der Waals surface area contributed by atoms with Crippen molar-refractivity contribution in [2.75, 3.05) is 6.61 Å². The lowest BCUT2D eigenvalue weighted by Gasteiger charge is -2.11. The number of primary amides is 1. The van der Waals surface area contributed by atoms with Gasteiger partial charge in [-0.3, -0.25) is 4.79 Å². The Morgan fingerprint density at radius 1 is 1.41 bits per heavy atom. The summed E-state index contributed by atoms with van der Waals surface area (Å²) in [6.45, 7) is 4.01. The van der Waals surface area contributed by atoms with Crippen molar-refractivity contribution in [1.82, 2.24) is 0 Å². The molecule has 0 aliphatic rings. The highest BCUT2D eigenvalue weighted by molar-refractivity contribution is 5.76. The molecule has 0 aliphatic heterocycles. The first-order valence-electron chi connectivity index (χ1n) is 5.75. The molecule has 0 radical (unpaired) electrons. The second-order valence-corrected chi connectivity index (χ2v) is 4.44. The van der Waals surface area contributed by atoms with Crippen LogP contribution in [0.2, 0.25) is 0 Å². The van der Waals surface area contributed by atoms with Gasteiger partial charge < -0.3 is 16.2 Å². The number of benzene rings is 1. The fourth-order valence-corrected chi connectivity index (χ4v) is 1.44. The molecule has 1 amide bonds. The zero-order valence-electron chi connectivity index (χ0n) is 10.3. The molecule has 4 nitrogen and oxygen atoms in total. The normalized spacial score (nSPS) is 14.1. The Morgan fingerprint density at radius 2 is 2.12 bits per heavy atom. The zero-order chi connectivity index (χ0) is 12.8. The number of carbonyl (C=O) groups is 1. The minimum atomic E-state index is -0.350. The molecule has 4 N–H and O–H groups in total. The Morgan fingerprint density at radius 3 is 2.71 bits per heavy atom. The molecule has 0 saturated heterocycles. The van der Waals surface area contributed by atoms with Crippen LogP contribution in [0.4, 0.5) is 0 Å². The summed E-state index contributed by atoms with van der Waals surface area (Å²) < 4.78 is 5.51. The van der Waals surface area contributed by atoms with Crippen molar-refractivity contribution in [2.24, 2.45) is 17.4 Å². The molecule has 2 unspecified atom stereocenters. The van der Waals surface area contributed by atoms with E-state index < -0.39 is 0 Å². The molecule has 2 atom stereocenters. The van der Waals surface area contributed by atoms with Gasteiger partial charge in [0, 0.05) is 6.04 Å². The van der Waals surface area contributed by atoms with Crippen LogP contribution in [0, 0.1) is 5.92 Å².